The van der Waals surface area contributed by atoms with E-state index in [0.29, 0.717) is 33.9 Å². The SMILES string of the molecule is CCCCCCOc1ccc(/C=C2\SC(=S)N(CC(=O)OCCC)C2=O)cc1OC. The quantitative estimate of drug-likeness (QED) is 0.196. The molecule has 0 bridgehead atoms. The van der Waals surface area contributed by atoms with E-state index in [9.17, 15) is 9.59 Å². The van der Waals surface area contributed by atoms with Crippen LogP contribution in [-0.4, -0.2) is 48.0 Å². The molecule has 1 aliphatic heterocycles. The lowest BCUT2D eigenvalue weighted by Gasteiger charge is -2.13. The Morgan fingerprint density at radius 2 is 1.93 bits per heavy atom. The largest absolute Gasteiger partial charge is 0.493 e. The van der Waals surface area contributed by atoms with Gasteiger partial charge in [0.15, 0.2) is 11.5 Å². The van der Waals surface area contributed by atoms with Crippen LogP contribution in [0.5, 0.6) is 11.5 Å². The van der Waals surface area contributed by atoms with Gasteiger partial charge in [-0.25, -0.2) is 0 Å². The molecule has 1 saturated heterocycles. The molecule has 1 aromatic rings. The Labute approximate surface area is 187 Å². The molecule has 0 atom stereocenters. The van der Waals surface area contributed by atoms with Crippen molar-refractivity contribution >= 4 is 46.3 Å². The maximum Gasteiger partial charge on any atom is 0.326 e. The number of rotatable bonds is 12. The molecule has 1 fully saturated rings. The Balaban J connectivity index is 2.04. The zero-order chi connectivity index (χ0) is 21.9. The highest BCUT2D eigenvalue weighted by molar-refractivity contribution is 8.26. The molecule has 1 amide bonds. The Morgan fingerprint density at radius 1 is 1.13 bits per heavy atom. The van der Waals surface area contributed by atoms with E-state index >= 15 is 0 Å². The van der Waals surface area contributed by atoms with Crippen LogP contribution in [0, 0.1) is 0 Å². The Bertz CT molecular complexity index is 794. The smallest absolute Gasteiger partial charge is 0.326 e. The van der Waals surface area contributed by atoms with Gasteiger partial charge in [0.05, 0.1) is 25.2 Å². The Morgan fingerprint density at radius 3 is 2.63 bits per heavy atom. The molecule has 0 saturated carbocycles. The highest BCUT2D eigenvalue weighted by Crippen LogP contribution is 2.34. The number of nitrogens with zero attached hydrogens (tertiary/aromatic N) is 1. The van der Waals surface area contributed by atoms with Gasteiger partial charge < -0.3 is 14.2 Å². The number of esters is 1. The van der Waals surface area contributed by atoms with E-state index in [1.54, 1.807) is 13.2 Å². The number of unbranched alkanes of at least 4 members (excludes halogenated alkanes) is 3. The van der Waals surface area contributed by atoms with E-state index < -0.39 is 5.97 Å². The molecule has 1 aromatic carbocycles. The summed E-state index contributed by atoms with van der Waals surface area (Å²) >= 11 is 6.43. The number of carbonyl (C=O) groups is 2. The van der Waals surface area contributed by atoms with Gasteiger partial charge in [-0.15, -0.1) is 0 Å². The first-order chi connectivity index (χ1) is 14.5. The highest BCUT2D eigenvalue weighted by Gasteiger charge is 2.33. The van der Waals surface area contributed by atoms with Gasteiger partial charge in [0.1, 0.15) is 10.9 Å². The lowest BCUT2D eigenvalue weighted by molar-refractivity contribution is -0.146. The van der Waals surface area contributed by atoms with Gasteiger partial charge in [-0.3, -0.25) is 14.5 Å². The third-order valence-corrected chi connectivity index (χ3v) is 5.75. The third kappa shape index (κ3) is 7.02. The second kappa shape index (κ2) is 12.6. The van der Waals surface area contributed by atoms with Crippen LogP contribution in [0.4, 0.5) is 0 Å². The Kier molecular flexibility index (Phi) is 10.2. The first-order valence-electron chi connectivity index (χ1n) is 10.2. The summed E-state index contributed by atoms with van der Waals surface area (Å²) in [6.07, 6.45) is 7.00. The van der Waals surface area contributed by atoms with Gasteiger partial charge in [-0.1, -0.05) is 63.2 Å². The minimum atomic E-state index is -0.462. The van der Waals surface area contributed by atoms with Crippen LogP contribution in [0.2, 0.25) is 0 Å². The third-order valence-electron chi connectivity index (χ3n) is 4.37. The van der Waals surface area contributed by atoms with Gasteiger partial charge in [-0.2, -0.15) is 0 Å². The second-order valence-corrected chi connectivity index (χ2v) is 8.48. The summed E-state index contributed by atoms with van der Waals surface area (Å²) in [6, 6.07) is 5.53. The van der Waals surface area contributed by atoms with E-state index in [2.05, 4.69) is 6.92 Å². The van der Waals surface area contributed by atoms with Crippen molar-refractivity contribution in [3.8, 4) is 11.5 Å². The van der Waals surface area contributed by atoms with Crippen molar-refractivity contribution in [2.24, 2.45) is 0 Å². The van der Waals surface area contributed by atoms with Crippen LogP contribution < -0.4 is 9.47 Å². The summed E-state index contributed by atoms with van der Waals surface area (Å²) in [5.74, 6) is 0.528. The standard InChI is InChI=1S/C22H29NO5S2/c1-4-6-7-8-12-27-17-10-9-16(13-18(17)26-3)14-19-21(25)23(22(29)30-19)15-20(24)28-11-5-2/h9-10,13-14H,4-8,11-12,15H2,1-3H3/b19-14-. The fourth-order valence-electron chi connectivity index (χ4n) is 2.78. The zero-order valence-electron chi connectivity index (χ0n) is 17.8. The molecular weight excluding hydrogens is 422 g/mol. The zero-order valence-corrected chi connectivity index (χ0v) is 19.4. The van der Waals surface area contributed by atoms with E-state index in [-0.39, 0.29) is 12.5 Å². The van der Waals surface area contributed by atoms with E-state index in [0.717, 1.165) is 24.8 Å². The molecule has 0 radical (unpaired) electrons. The van der Waals surface area contributed by atoms with Gasteiger partial charge in [0.2, 0.25) is 0 Å². The molecule has 1 heterocycles. The molecular formula is C22H29NO5S2. The van der Waals surface area contributed by atoms with Crippen LogP contribution in [-0.2, 0) is 14.3 Å². The molecule has 0 aliphatic carbocycles. The first kappa shape index (κ1) is 24.2. The molecule has 8 heteroatoms. The number of methoxy groups -OCH3 is 1. The minimum Gasteiger partial charge on any atom is -0.493 e. The number of amides is 1. The normalized spacial score (nSPS) is 15.0. The molecule has 0 N–H and O–H groups in total. The molecule has 6 nitrogen and oxygen atoms in total. The van der Waals surface area contributed by atoms with Gasteiger partial charge in [0, 0.05) is 0 Å². The number of thioether (sulfide) groups is 1. The predicted octanol–water partition coefficient (Wildman–Crippen LogP) is 4.81. The molecule has 164 valence electrons. The average molecular weight is 452 g/mol. The van der Waals surface area contributed by atoms with Crippen molar-refractivity contribution in [3.63, 3.8) is 0 Å². The van der Waals surface area contributed by atoms with Gasteiger partial charge in [-0.05, 0) is 36.6 Å². The van der Waals surface area contributed by atoms with Crippen molar-refractivity contribution in [2.75, 3.05) is 26.9 Å². The summed E-state index contributed by atoms with van der Waals surface area (Å²) in [5, 5.41) is 0. The van der Waals surface area contributed by atoms with Crippen molar-refractivity contribution < 1.29 is 23.8 Å². The fraction of sp³-hybridized carbons (Fsp3) is 0.500. The fourth-order valence-corrected chi connectivity index (χ4v) is 4.04. The molecule has 0 spiro atoms. The summed E-state index contributed by atoms with van der Waals surface area (Å²) in [4.78, 5) is 26.2. The molecule has 0 aromatic heterocycles. The maximum absolute atomic E-state index is 12.7. The topological polar surface area (TPSA) is 65.1 Å². The summed E-state index contributed by atoms with van der Waals surface area (Å²) < 4.78 is 16.7. The monoisotopic (exact) mass is 451 g/mol. The molecule has 2 rings (SSSR count). The first-order valence-corrected chi connectivity index (χ1v) is 11.4. The van der Waals surface area contributed by atoms with Crippen molar-refractivity contribution in [1.29, 1.82) is 0 Å². The number of hydrogen-bond acceptors (Lipinski definition) is 7. The Hall–Kier alpha value is -2.06. The van der Waals surface area contributed by atoms with Crippen LogP contribution in [0.15, 0.2) is 23.1 Å². The number of carbonyl (C=O) groups excluding carboxylic acids is 2. The predicted molar refractivity (Wildman–Crippen MR) is 124 cm³/mol. The minimum absolute atomic E-state index is 0.170. The summed E-state index contributed by atoms with van der Waals surface area (Å²) in [5.41, 5.74) is 0.791. The number of hydrogen-bond donors (Lipinski definition) is 0. The highest BCUT2D eigenvalue weighted by atomic mass is 32.2. The van der Waals surface area contributed by atoms with Crippen molar-refractivity contribution in [2.45, 2.75) is 46.0 Å². The van der Waals surface area contributed by atoms with Crippen LogP contribution >= 0.6 is 24.0 Å². The lowest BCUT2D eigenvalue weighted by atomic mass is 10.1. The van der Waals surface area contributed by atoms with E-state index in [1.165, 1.54) is 29.5 Å². The second-order valence-electron chi connectivity index (χ2n) is 6.81. The van der Waals surface area contributed by atoms with Gasteiger partial charge in [0.25, 0.3) is 5.91 Å². The van der Waals surface area contributed by atoms with Crippen molar-refractivity contribution in [3.05, 3.63) is 28.7 Å². The summed E-state index contributed by atoms with van der Waals surface area (Å²) in [6.45, 7) is 4.89. The van der Waals surface area contributed by atoms with Gasteiger partial charge >= 0.3 is 5.97 Å². The van der Waals surface area contributed by atoms with Crippen LogP contribution in [0.3, 0.4) is 0 Å². The average Bonchev–Trinajstić information content (AvgIpc) is 3.00. The number of thiocarbonyl (C=S) groups is 1. The summed E-state index contributed by atoms with van der Waals surface area (Å²) in [7, 11) is 1.59. The van der Waals surface area contributed by atoms with Crippen LogP contribution in [0.1, 0.15) is 51.5 Å². The molecule has 0 unspecified atom stereocenters. The molecule has 30 heavy (non-hydrogen) atoms. The maximum atomic E-state index is 12.7. The number of benzene rings is 1. The van der Waals surface area contributed by atoms with Crippen molar-refractivity contribution in [1.82, 2.24) is 4.90 Å². The van der Waals surface area contributed by atoms with E-state index in [4.69, 9.17) is 26.4 Å². The van der Waals surface area contributed by atoms with Crippen LogP contribution in [0.25, 0.3) is 6.08 Å². The van der Waals surface area contributed by atoms with E-state index in [1.807, 2.05) is 25.1 Å². The lowest BCUT2D eigenvalue weighted by Crippen LogP contribution is -2.34. The molecule has 1 aliphatic rings. The number of ether oxygens (including phenoxy) is 3.